The van der Waals surface area contributed by atoms with Crippen LogP contribution in [0.25, 0.3) is 0 Å². The topological polar surface area (TPSA) is 12.0 Å². The first-order chi connectivity index (χ1) is 6.41. The Hall–Kier alpha value is 0.310. The van der Waals surface area contributed by atoms with E-state index >= 15 is 0 Å². The van der Waals surface area contributed by atoms with E-state index in [0.29, 0.717) is 0 Å². The van der Waals surface area contributed by atoms with E-state index in [1.54, 1.807) is 0 Å². The molecule has 0 unspecified atom stereocenters. The van der Waals surface area contributed by atoms with Gasteiger partial charge in [-0.05, 0) is 13.0 Å². The maximum atomic E-state index is 4.09. The Labute approximate surface area is 89.1 Å². The SMILES string of the molecule is CCCCCCCCCCNCS. The number of nitrogens with one attached hydrogen (secondary N) is 1. The van der Waals surface area contributed by atoms with Crippen molar-refractivity contribution < 1.29 is 0 Å². The Morgan fingerprint density at radius 1 is 0.846 bits per heavy atom. The smallest absolute Gasteiger partial charge is 0.0387 e. The highest BCUT2D eigenvalue weighted by molar-refractivity contribution is 7.80. The minimum Gasteiger partial charge on any atom is -0.308 e. The molecule has 0 aliphatic rings. The third-order valence-corrected chi connectivity index (χ3v) is 2.54. The van der Waals surface area contributed by atoms with Crippen LogP contribution in [0.1, 0.15) is 58.3 Å². The molecule has 0 atom stereocenters. The molecule has 13 heavy (non-hydrogen) atoms. The fourth-order valence-corrected chi connectivity index (χ4v) is 1.62. The lowest BCUT2D eigenvalue weighted by molar-refractivity contribution is 0.566. The fourth-order valence-electron chi connectivity index (χ4n) is 1.46. The molecule has 1 nitrogen and oxygen atoms in total. The number of thiol groups is 1. The number of rotatable bonds is 10. The van der Waals surface area contributed by atoms with Crippen molar-refractivity contribution in [3.63, 3.8) is 0 Å². The summed E-state index contributed by atoms with van der Waals surface area (Å²) in [6, 6.07) is 0. The van der Waals surface area contributed by atoms with Crippen LogP contribution in [0, 0.1) is 0 Å². The van der Waals surface area contributed by atoms with Gasteiger partial charge in [-0.3, -0.25) is 0 Å². The standard InChI is InChI=1S/C11H25NS/c1-2-3-4-5-6-7-8-9-10-12-11-13/h12-13H,2-11H2,1H3. The van der Waals surface area contributed by atoms with Crippen molar-refractivity contribution in [2.75, 3.05) is 12.4 Å². The lowest BCUT2D eigenvalue weighted by Gasteiger charge is -2.01. The van der Waals surface area contributed by atoms with Crippen LogP contribution in [0.5, 0.6) is 0 Å². The van der Waals surface area contributed by atoms with Crippen LogP contribution in [0.15, 0.2) is 0 Å². The molecule has 0 rings (SSSR count). The molecule has 1 N–H and O–H groups in total. The number of hydrogen-bond acceptors (Lipinski definition) is 2. The van der Waals surface area contributed by atoms with Gasteiger partial charge in [0.25, 0.3) is 0 Å². The first-order valence-corrected chi connectivity index (χ1v) is 6.36. The highest BCUT2D eigenvalue weighted by Gasteiger charge is 1.90. The molecule has 0 fully saturated rings. The largest absolute Gasteiger partial charge is 0.308 e. The van der Waals surface area contributed by atoms with E-state index in [0.717, 1.165) is 12.4 Å². The quantitative estimate of drug-likeness (QED) is 0.314. The second-order valence-corrected chi connectivity index (χ2v) is 3.95. The van der Waals surface area contributed by atoms with Gasteiger partial charge in [-0.2, -0.15) is 12.6 Å². The van der Waals surface area contributed by atoms with Crippen molar-refractivity contribution in [1.29, 1.82) is 0 Å². The predicted molar refractivity (Wildman–Crippen MR) is 64.5 cm³/mol. The van der Waals surface area contributed by atoms with Gasteiger partial charge in [0.2, 0.25) is 0 Å². The van der Waals surface area contributed by atoms with E-state index in [2.05, 4.69) is 24.9 Å². The van der Waals surface area contributed by atoms with Crippen LogP contribution in [-0.2, 0) is 0 Å². The van der Waals surface area contributed by atoms with Crippen LogP contribution in [-0.4, -0.2) is 12.4 Å². The summed E-state index contributed by atoms with van der Waals surface area (Å²) in [5.41, 5.74) is 0. The lowest BCUT2D eigenvalue weighted by Crippen LogP contribution is -2.12. The van der Waals surface area contributed by atoms with E-state index < -0.39 is 0 Å². The summed E-state index contributed by atoms with van der Waals surface area (Å²) in [7, 11) is 0. The van der Waals surface area contributed by atoms with Gasteiger partial charge in [-0.25, -0.2) is 0 Å². The van der Waals surface area contributed by atoms with Crippen molar-refractivity contribution in [3.05, 3.63) is 0 Å². The third kappa shape index (κ3) is 12.3. The van der Waals surface area contributed by atoms with Gasteiger partial charge in [0.15, 0.2) is 0 Å². The lowest BCUT2D eigenvalue weighted by atomic mass is 10.1. The maximum Gasteiger partial charge on any atom is 0.0387 e. The van der Waals surface area contributed by atoms with Crippen molar-refractivity contribution in [3.8, 4) is 0 Å². The molecule has 0 radical (unpaired) electrons. The minimum atomic E-state index is 0.816. The molecule has 80 valence electrons. The molecule has 2 heteroatoms. The molecule has 0 aromatic rings. The van der Waals surface area contributed by atoms with E-state index in [1.165, 1.54) is 51.4 Å². The Balaban J connectivity index is 2.76. The molecular weight excluding hydrogens is 178 g/mol. The summed E-state index contributed by atoms with van der Waals surface area (Å²) >= 11 is 4.09. The molecular formula is C11H25NS. The monoisotopic (exact) mass is 203 g/mol. The molecule has 0 aliphatic carbocycles. The normalized spacial score (nSPS) is 10.6. The summed E-state index contributed by atoms with van der Waals surface area (Å²) in [5.74, 6) is 0.816. The zero-order chi connectivity index (χ0) is 9.78. The summed E-state index contributed by atoms with van der Waals surface area (Å²) in [5, 5.41) is 3.22. The Kier molecular flexibility index (Phi) is 12.6. The van der Waals surface area contributed by atoms with Gasteiger partial charge in [-0.1, -0.05) is 51.9 Å². The van der Waals surface area contributed by atoms with Crippen molar-refractivity contribution in [2.45, 2.75) is 58.3 Å². The van der Waals surface area contributed by atoms with Crippen LogP contribution < -0.4 is 5.32 Å². The van der Waals surface area contributed by atoms with E-state index in [9.17, 15) is 0 Å². The van der Waals surface area contributed by atoms with Crippen LogP contribution >= 0.6 is 12.6 Å². The van der Waals surface area contributed by atoms with Crippen molar-refractivity contribution in [2.24, 2.45) is 0 Å². The molecule has 0 aliphatic heterocycles. The average molecular weight is 203 g/mol. The Morgan fingerprint density at radius 3 is 1.92 bits per heavy atom. The first kappa shape index (κ1) is 13.3. The van der Waals surface area contributed by atoms with Gasteiger partial charge < -0.3 is 5.32 Å². The summed E-state index contributed by atoms with van der Waals surface area (Å²) < 4.78 is 0. The van der Waals surface area contributed by atoms with Crippen molar-refractivity contribution in [1.82, 2.24) is 5.32 Å². The Bertz CT molecular complexity index is 76.2. The molecule has 0 amide bonds. The molecule has 0 bridgehead atoms. The highest BCUT2D eigenvalue weighted by Crippen LogP contribution is 2.07. The zero-order valence-corrected chi connectivity index (χ0v) is 9.91. The van der Waals surface area contributed by atoms with Crippen LogP contribution in [0.2, 0.25) is 0 Å². The van der Waals surface area contributed by atoms with E-state index in [1.807, 2.05) is 0 Å². The van der Waals surface area contributed by atoms with Crippen LogP contribution in [0.3, 0.4) is 0 Å². The van der Waals surface area contributed by atoms with Gasteiger partial charge in [0, 0.05) is 5.88 Å². The zero-order valence-electron chi connectivity index (χ0n) is 9.02. The molecule has 0 spiro atoms. The first-order valence-electron chi connectivity index (χ1n) is 5.73. The number of unbranched alkanes of at least 4 members (excludes halogenated alkanes) is 7. The second kappa shape index (κ2) is 12.3. The van der Waals surface area contributed by atoms with Crippen molar-refractivity contribution >= 4 is 12.6 Å². The molecule has 0 saturated carbocycles. The van der Waals surface area contributed by atoms with Gasteiger partial charge >= 0.3 is 0 Å². The van der Waals surface area contributed by atoms with Gasteiger partial charge in [0.05, 0.1) is 0 Å². The maximum absolute atomic E-state index is 4.09. The Morgan fingerprint density at radius 2 is 1.38 bits per heavy atom. The molecule has 0 saturated heterocycles. The average Bonchev–Trinajstić information content (AvgIpc) is 2.16. The summed E-state index contributed by atoms with van der Waals surface area (Å²) in [6.45, 7) is 3.40. The van der Waals surface area contributed by atoms with Gasteiger partial charge in [-0.15, -0.1) is 0 Å². The van der Waals surface area contributed by atoms with E-state index in [-0.39, 0.29) is 0 Å². The third-order valence-electron chi connectivity index (χ3n) is 2.32. The summed E-state index contributed by atoms with van der Waals surface area (Å²) in [4.78, 5) is 0. The fraction of sp³-hybridized carbons (Fsp3) is 1.00. The second-order valence-electron chi connectivity index (χ2n) is 3.63. The summed E-state index contributed by atoms with van der Waals surface area (Å²) in [6.07, 6.45) is 11.2. The predicted octanol–water partition coefficient (Wildman–Crippen LogP) is 3.60. The molecule has 0 aromatic carbocycles. The minimum absolute atomic E-state index is 0.816. The number of hydrogen-bond donors (Lipinski definition) is 2. The molecule has 0 aromatic heterocycles. The van der Waals surface area contributed by atoms with Gasteiger partial charge in [0.1, 0.15) is 0 Å². The molecule has 0 heterocycles. The van der Waals surface area contributed by atoms with E-state index in [4.69, 9.17) is 0 Å². The van der Waals surface area contributed by atoms with Crippen LogP contribution in [0.4, 0.5) is 0 Å². The highest BCUT2D eigenvalue weighted by atomic mass is 32.1.